The van der Waals surface area contributed by atoms with Gasteiger partial charge in [0, 0.05) is 18.5 Å². The SMILES string of the molecule is O=C1OC2(CCNCC2)CN1c1ccc(O)cc1. The predicted molar refractivity (Wildman–Crippen MR) is 66.8 cm³/mol. The summed E-state index contributed by atoms with van der Waals surface area (Å²) in [4.78, 5) is 13.6. The van der Waals surface area contributed by atoms with Crippen LogP contribution < -0.4 is 10.2 Å². The summed E-state index contributed by atoms with van der Waals surface area (Å²) in [5.74, 6) is 0.197. The number of hydrogen-bond acceptors (Lipinski definition) is 4. The molecule has 1 spiro atoms. The molecule has 2 N–H and O–H groups in total. The number of hydrogen-bond donors (Lipinski definition) is 2. The first kappa shape index (κ1) is 11.3. The Morgan fingerprint density at radius 3 is 2.56 bits per heavy atom. The second-order valence-corrected chi connectivity index (χ2v) is 4.90. The van der Waals surface area contributed by atoms with E-state index in [-0.39, 0.29) is 17.4 Å². The van der Waals surface area contributed by atoms with E-state index in [0.717, 1.165) is 31.6 Å². The summed E-state index contributed by atoms with van der Waals surface area (Å²) < 4.78 is 5.57. The summed E-state index contributed by atoms with van der Waals surface area (Å²) in [5, 5.41) is 12.5. The highest BCUT2D eigenvalue weighted by Crippen LogP contribution is 2.34. The highest BCUT2D eigenvalue weighted by Gasteiger charge is 2.46. The van der Waals surface area contributed by atoms with Crippen molar-refractivity contribution in [3.8, 4) is 5.75 Å². The van der Waals surface area contributed by atoms with Crippen LogP contribution in [-0.4, -0.2) is 36.4 Å². The second kappa shape index (κ2) is 4.17. The molecule has 3 rings (SSSR count). The first-order chi connectivity index (χ1) is 8.69. The Balaban J connectivity index is 1.82. The molecular formula is C13H16N2O3. The molecule has 0 unspecified atom stereocenters. The molecule has 2 aliphatic rings. The van der Waals surface area contributed by atoms with Gasteiger partial charge >= 0.3 is 6.09 Å². The fraction of sp³-hybridized carbons (Fsp3) is 0.462. The maximum Gasteiger partial charge on any atom is 0.415 e. The van der Waals surface area contributed by atoms with Crippen molar-refractivity contribution in [2.75, 3.05) is 24.5 Å². The van der Waals surface area contributed by atoms with Gasteiger partial charge in [0.05, 0.1) is 6.54 Å². The van der Waals surface area contributed by atoms with Gasteiger partial charge in [0.25, 0.3) is 0 Å². The predicted octanol–water partition coefficient (Wildman–Crippen LogP) is 1.47. The highest BCUT2D eigenvalue weighted by molar-refractivity contribution is 5.90. The monoisotopic (exact) mass is 248 g/mol. The van der Waals surface area contributed by atoms with Gasteiger partial charge in [-0.05, 0) is 37.4 Å². The maximum atomic E-state index is 12.0. The number of benzene rings is 1. The highest BCUT2D eigenvalue weighted by atomic mass is 16.6. The molecule has 0 atom stereocenters. The standard InChI is InChI=1S/C13H16N2O3/c16-11-3-1-10(2-4-11)15-9-13(18-12(15)17)5-7-14-8-6-13/h1-4,14,16H,5-9H2. The number of phenolic OH excluding ortho intramolecular Hbond substituents is 1. The van der Waals surface area contributed by atoms with Gasteiger partial charge in [0.15, 0.2) is 0 Å². The Kier molecular flexibility index (Phi) is 2.63. The lowest BCUT2D eigenvalue weighted by molar-refractivity contribution is 0.0316. The zero-order valence-electron chi connectivity index (χ0n) is 10.1. The van der Waals surface area contributed by atoms with Gasteiger partial charge in [-0.1, -0.05) is 0 Å². The molecule has 1 aromatic rings. The number of carbonyl (C=O) groups excluding carboxylic acids is 1. The zero-order valence-corrected chi connectivity index (χ0v) is 10.1. The third-order valence-corrected chi connectivity index (χ3v) is 3.65. The van der Waals surface area contributed by atoms with E-state index in [1.807, 2.05) is 0 Å². The van der Waals surface area contributed by atoms with E-state index in [0.29, 0.717) is 6.54 Å². The summed E-state index contributed by atoms with van der Waals surface area (Å²) >= 11 is 0. The minimum Gasteiger partial charge on any atom is -0.508 e. The molecule has 1 amide bonds. The molecule has 0 bridgehead atoms. The van der Waals surface area contributed by atoms with Crippen LogP contribution in [0.3, 0.4) is 0 Å². The largest absolute Gasteiger partial charge is 0.508 e. The van der Waals surface area contributed by atoms with Crippen LogP contribution in [0.4, 0.5) is 10.5 Å². The van der Waals surface area contributed by atoms with Gasteiger partial charge in [0.2, 0.25) is 0 Å². The molecule has 0 radical (unpaired) electrons. The lowest BCUT2D eigenvalue weighted by Crippen LogP contribution is -2.44. The smallest absolute Gasteiger partial charge is 0.415 e. The quantitative estimate of drug-likeness (QED) is 0.790. The normalized spacial score (nSPS) is 22.2. The fourth-order valence-electron chi connectivity index (χ4n) is 2.60. The van der Waals surface area contributed by atoms with Crippen molar-refractivity contribution in [3.63, 3.8) is 0 Å². The van der Waals surface area contributed by atoms with Crippen molar-refractivity contribution >= 4 is 11.8 Å². The summed E-state index contributed by atoms with van der Waals surface area (Å²) in [6, 6.07) is 6.62. The van der Waals surface area contributed by atoms with Crippen molar-refractivity contribution in [3.05, 3.63) is 24.3 Å². The molecule has 1 aromatic carbocycles. The Morgan fingerprint density at radius 1 is 1.22 bits per heavy atom. The summed E-state index contributed by atoms with van der Waals surface area (Å²) in [6.07, 6.45) is 1.42. The Labute approximate surface area is 105 Å². The molecule has 0 aromatic heterocycles. The third-order valence-electron chi connectivity index (χ3n) is 3.65. The van der Waals surface area contributed by atoms with Crippen molar-refractivity contribution in [2.24, 2.45) is 0 Å². The van der Waals surface area contributed by atoms with E-state index >= 15 is 0 Å². The number of nitrogens with one attached hydrogen (secondary N) is 1. The minimum absolute atomic E-state index is 0.197. The zero-order chi connectivity index (χ0) is 12.6. The summed E-state index contributed by atoms with van der Waals surface area (Å²) in [5.41, 5.74) is 0.438. The van der Waals surface area contributed by atoms with Gasteiger partial charge in [-0.25, -0.2) is 4.79 Å². The first-order valence-electron chi connectivity index (χ1n) is 6.19. The molecular weight excluding hydrogens is 232 g/mol. The van der Waals surface area contributed by atoms with Crippen LogP contribution >= 0.6 is 0 Å². The van der Waals surface area contributed by atoms with E-state index in [9.17, 15) is 9.90 Å². The van der Waals surface area contributed by atoms with Gasteiger partial charge in [0.1, 0.15) is 11.4 Å². The number of rotatable bonds is 1. The van der Waals surface area contributed by atoms with Gasteiger partial charge in [-0.15, -0.1) is 0 Å². The Morgan fingerprint density at radius 2 is 1.89 bits per heavy atom. The van der Waals surface area contributed by atoms with Crippen molar-refractivity contribution in [2.45, 2.75) is 18.4 Å². The molecule has 5 nitrogen and oxygen atoms in total. The van der Waals surface area contributed by atoms with E-state index in [1.54, 1.807) is 29.2 Å². The fourth-order valence-corrected chi connectivity index (χ4v) is 2.60. The number of carbonyl (C=O) groups is 1. The lowest BCUT2D eigenvalue weighted by atomic mass is 9.92. The number of nitrogens with zero attached hydrogens (tertiary/aromatic N) is 1. The number of piperidine rings is 1. The van der Waals surface area contributed by atoms with E-state index in [1.165, 1.54) is 0 Å². The molecule has 2 heterocycles. The first-order valence-corrected chi connectivity index (χ1v) is 6.19. The Bertz CT molecular complexity index is 452. The number of ether oxygens (including phenoxy) is 1. The summed E-state index contributed by atoms with van der Waals surface area (Å²) in [6.45, 7) is 2.37. The van der Waals surface area contributed by atoms with Crippen molar-refractivity contribution in [1.82, 2.24) is 5.32 Å². The molecule has 0 aliphatic carbocycles. The average molecular weight is 248 g/mol. The summed E-state index contributed by atoms with van der Waals surface area (Å²) in [7, 11) is 0. The lowest BCUT2D eigenvalue weighted by Gasteiger charge is -2.31. The van der Waals surface area contributed by atoms with Crippen LogP contribution in [0.25, 0.3) is 0 Å². The van der Waals surface area contributed by atoms with E-state index < -0.39 is 0 Å². The van der Waals surface area contributed by atoms with Crippen LogP contribution in [0.5, 0.6) is 5.75 Å². The van der Waals surface area contributed by atoms with Crippen LogP contribution in [0.1, 0.15) is 12.8 Å². The number of anilines is 1. The van der Waals surface area contributed by atoms with Crippen LogP contribution in [0, 0.1) is 0 Å². The topological polar surface area (TPSA) is 61.8 Å². The molecule has 2 saturated heterocycles. The molecule has 18 heavy (non-hydrogen) atoms. The average Bonchev–Trinajstić information content (AvgIpc) is 2.68. The molecule has 2 aliphatic heterocycles. The molecule has 0 saturated carbocycles. The van der Waals surface area contributed by atoms with Crippen molar-refractivity contribution < 1.29 is 14.6 Å². The number of amides is 1. The third kappa shape index (κ3) is 1.90. The maximum absolute atomic E-state index is 12.0. The van der Waals surface area contributed by atoms with Gasteiger partial charge in [-0.2, -0.15) is 0 Å². The minimum atomic E-state index is -0.333. The second-order valence-electron chi connectivity index (χ2n) is 4.90. The number of aromatic hydroxyl groups is 1. The van der Waals surface area contributed by atoms with Crippen LogP contribution in [-0.2, 0) is 4.74 Å². The van der Waals surface area contributed by atoms with Crippen LogP contribution in [0.2, 0.25) is 0 Å². The number of phenols is 1. The molecule has 5 heteroatoms. The van der Waals surface area contributed by atoms with Crippen molar-refractivity contribution in [1.29, 1.82) is 0 Å². The van der Waals surface area contributed by atoms with E-state index in [4.69, 9.17) is 4.74 Å². The molecule has 96 valence electrons. The van der Waals surface area contributed by atoms with Crippen LogP contribution in [0.15, 0.2) is 24.3 Å². The van der Waals surface area contributed by atoms with Gasteiger partial charge < -0.3 is 15.2 Å². The van der Waals surface area contributed by atoms with E-state index in [2.05, 4.69) is 5.32 Å². The molecule has 2 fully saturated rings. The van der Waals surface area contributed by atoms with Gasteiger partial charge in [-0.3, -0.25) is 4.90 Å². The Hall–Kier alpha value is -1.75.